The first-order valence-corrected chi connectivity index (χ1v) is 9.87. The van der Waals surface area contributed by atoms with Crippen LogP contribution in [0.1, 0.15) is 24.2 Å². The summed E-state index contributed by atoms with van der Waals surface area (Å²) >= 11 is 0. The van der Waals surface area contributed by atoms with E-state index in [0.29, 0.717) is 25.8 Å². The van der Waals surface area contributed by atoms with Crippen molar-refractivity contribution in [1.29, 1.82) is 0 Å². The summed E-state index contributed by atoms with van der Waals surface area (Å²) in [6, 6.07) is 0. The third-order valence-corrected chi connectivity index (χ3v) is 6.40. The molecule has 24 heavy (non-hydrogen) atoms. The maximum atomic E-state index is 12.4. The minimum Gasteiger partial charge on any atom is -0.355 e. The number of imidazole rings is 1. The maximum Gasteiger partial charge on any atom is 0.212 e. The van der Waals surface area contributed by atoms with Crippen molar-refractivity contribution < 1.29 is 8.42 Å². The molecule has 4 rings (SSSR count). The summed E-state index contributed by atoms with van der Waals surface area (Å²) in [6.07, 6.45) is 10.1. The lowest BCUT2D eigenvalue weighted by Crippen LogP contribution is -2.58. The van der Waals surface area contributed by atoms with Crippen molar-refractivity contribution in [2.75, 3.05) is 30.8 Å². The van der Waals surface area contributed by atoms with Gasteiger partial charge in [-0.3, -0.25) is 4.98 Å². The minimum atomic E-state index is -3.30. The predicted octanol–water partition coefficient (Wildman–Crippen LogP) is 0.513. The molecule has 1 saturated heterocycles. The summed E-state index contributed by atoms with van der Waals surface area (Å²) in [5, 5.41) is 0. The quantitative estimate of drug-likeness (QED) is 0.850. The van der Waals surface area contributed by atoms with Crippen molar-refractivity contribution in [3.05, 3.63) is 36.3 Å². The topological polar surface area (TPSA) is 95.1 Å². The summed E-state index contributed by atoms with van der Waals surface area (Å²) in [6.45, 7) is 1.94. The van der Waals surface area contributed by atoms with Crippen molar-refractivity contribution in [2.45, 2.75) is 24.8 Å². The maximum absolute atomic E-state index is 12.4. The number of anilines is 1. The first-order chi connectivity index (χ1) is 11.5. The summed E-state index contributed by atoms with van der Waals surface area (Å²) in [5.74, 6) is 0.830. The zero-order chi connectivity index (χ0) is 16.8. The van der Waals surface area contributed by atoms with Crippen LogP contribution in [0, 0.1) is 0 Å². The second kappa shape index (κ2) is 5.52. The smallest absolute Gasteiger partial charge is 0.212 e. The van der Waals surface area contributed by atoms with E-state index in [4.69, 9.17) is 0 Å². The van der Waals surface area contributed by atoms with E-state index in [-0.39, 0.29) is 0 Å². The number of H-pyrrole nitrogens is 1. The average Bonchev–Trinajstić information content (AvgIpc) is 3.05. The monoisotopic (exact) mass is 348 g/mol. The van der Waals surface area contributed by atoms with Gasteiger partial charge in [-0.05, 0) is 12.8 Å². The predicted molar refractivity (Wildman–Crippen MR) is 89.0 cm³/mol. The molecule has 1 fully saturated rings. The number of sulfonamides is 1. The molecule has 4 heterocycles. The van der Waals surface area contributed by atoms with Crippen LogP contribution >= 0.6 is 0 Å². The number of aromatic amines is 1. The molecule has 0 bridgehead atoms. The van der Waals surface area contributed by atoms with Gasteiger partial charge in [0.1, 0.15) is 5.82 Å². The van der Waals surface area contributed by atoms with Gasteiger partial charge >= 0.3 is 0 Å². The molecule has 0 atom stereocenters. The zero-order valence-electron chi connectivity index (χ0n) is 13.5. The van der Waals surface area contributed by atoms with Gasteiger partial charge in [0.05, 0.1) is 30.0 Å². The first-order valence-electron chi connectivity index (χ1n) is 8.02. The summed E-state index contributed by atoms with van der Waals surface area (Å²) < 4.78 is 26.4. The van der Waals surface area contributed by atoms with Crippen LogP contribution in [0.15, 0.2) is 24.9 Å². The van der Waals surface area contributed by atoms with Crippen molar-refractivity contribution in [3.63, 3.8) is 0 Å². The Hall–Kier alpha value is -2.00. The molecule has 0 radical (unpaired) electrons. The van der Waals surface area contributed by atoms with Crippen LogP contribution in [0.2, 0.25) is 0 Å². The highest BCUT2D eigenvalue weighted by Gasteiger charge is 2.50. The van der Waals surface area contributed by atoms with Gasteiger partial charge in [-0.15, -0.1) is 0 Å². The van der Waals surface area contributed by atoms with Crippen LogP contribution in [0.3, 0.4) is 0 Å². The molecule has 0 unspecified atom stereocenters. The van der Waals surface area contributed by atoms with Gasteiger partial charge in [0.2, 0.25) is 10.0 Å². The number of hydrogen-bond donors (Lipinski definition) is 1. The van der Waals surface area contributed by atoms with Crippen molar-refractivity contribution in [2.24, 2.45) is 0 Å². The lowest BCUT2D eigenvalue weighted by molar-refractivity contribution is 0.128. The molecule has 0 amide bonds. The number of fused-ring (bicyclic) bond motifs is 2. The molecular formula is C15H20N6O2S. The molecule has 2 aromatic rings. The second-order valence-electron chi connectivity index (χ2n) is 6.40. The molecule has 8 nitrogen and oxygen atoms in total. The van der Waals surface area contributed by atoms with Gasteiger partial charge < -0.3 is 9.88 Å². The summed E-state index contributed by atoms with van der Waals surface area (Å²) in [7, 11) is -3.30. The summed E-state index contributed by atoms with van der Waals surface area (Å²) in [4.78, 5) is 18.3. The van der Waals surface area contributed by atoms with Gasteiger partial charge in [0.25, 0.3) is 0 Å². The molecule has 1 spiro atoms. The SMILES string of the molecule is CS(=O)(=O)N1CCc2[nH]cnc2C12CCN(c1cnccn1)CC2. The second-order valence-corrected chi connectivity index (χ2v) is 8.30. The third-order valence-electron chi connectivity index (χ3n) is 5.07. The van der Waals surface area contributed by atoms with Crippen molar-refractivity contribution >= 4 is 15.8 Å². The number of hydrogen-bond acceptors (Lipinski definition) is 6. The minimum absolute atomic E-state index is 0.499. The van der Waals surface area contributed by atoms with E-state index < -0.39 is 15.6 Å². The molecule has 9 heteroatoms. The van der Waals surface area contributed by atoms with Crippen LogP contribution in [0.5, 0.6) is 0 Å². The van der Waals surface area contributed by atoms with E-state index in [9.17, 15) is 8.42 Å². The van der Waals surface area contributed by atoms with Gasteiger partial charge in [0, 0.05) is 44.1 Å². The van der Waals surface area contributed by atoms with E-state index in [1.807, 2.05) is 0 Å². The standard InChI is InChI=1S/C15H20N6O2S/c1-24(22,23)21-7-2-12-14(19-11-18-12)15(21)3-8-20(9-4-15)13-10-16-5-6-17-13/h5-6,10-11H,2-4,7-9H2,1H3,(H,18,19). The van der Waals surface area contributed by atoms with Crippen LogP contribution in [0.4, 0.5) is 5.82 Å². The van der Waals surface area contributed by atoms with Gasteiger partial charge in [-0.1, -0.05) is 0 Å². The lowest BCUT2D eigenvalue weighted by atomic mass is 9.80. The van der Waals surface area contributed by atoms with Gasteiger partial charge in [-0.25, -0.2) is 18.4 Å². The summed E-state index contributed by atoms with van der Waals surface area (Å²) in [5.41, 5.74) is 1.39. The fourth-order valence-electron chi connectivity index (χ4n) is 3.99. The Kier molecular flexibility index (Phi) is 3.57. The number of rotatable bonds is 2. The molecule has 128 valence electrons. The molecule has 2 aliphatic rings. The lowest BCUT2D eigenvalue weighted by Gasteiger charge is -2.49. The Morgan fingerprint density at radius 2 is 1.96 bits per heavy atom. The fourth-order valence-corrected chi connectivity index (χ4v) is 5.31. The van der Waals surface area contributed by atoms with Crippen LogP contribution < -0.4 is 4.90 Å². The van der Waals surface area contributed by atoms with Gasteiger partial charge in [-0.2, -0.15) is 4.31 Å². The van der Waals surface area contributed by atoms with Crippen LogP contribution in [0.25, 0.3) is 0 Å². The number of nitrogens with one attached hydrogen (secondary N) is 1. The highest BCUT2D eigenvalue weighted by Crippen LogP contribution is 2.43. The Bertz CT molecular complexity index is 827. The third kappa shape index (κ3) is 2.39. The normalized spacial score (nSPS) is 21.0. The number of aromatic nitrogens is 4. The Morgan fingerprint density at radius 1 is 1.17 bits per heavy atom. The van der Waals surface area contributed by atoms with E-state index in [1.165, 1.54) is 6.26 Å². The molecule has 0 aromatic carbocycles. The Morgan fingerprint density at radius 3 is 2.62 bits per heavy atom. The van der Waals surface area contributed by atoms with Crippen molar-refractivity contribution in [3.8, 4) is 0 Å². The van der Waals surface area contributed by atoms with E-state index in [1.54, 1.807) is 29.2 Å². The molecule has 2 aromatic heterocycles. The Balaban J connectivity index is 1.68. The van der Waals surface area contributed by atoms with E-state index >= 15 is 0 Å². The molecule has 0 aliphatic carbocycles. The molecule has 2 aliphatic heterocycles. The van der Waals surface area contributed by atoms with Crippen molar-refractivity contribution in [1.82, 2.24) is 24.2 Å². The van der Waals surface area contributed by atoms with Crippen LogP contribution in [-0.4, -0.2) is 58.5 Å². The molecule has 1 N–H and O–H groups in total. The van der Waals surface area contributed by atoms with Gasteiger partial charge in [0.15, 0.2) is 0 Å². The Labute approximate surface area is 141 Å². The molecule has 0 saturated carbocycles. The molecular weight excluding hydrogens is 328 g/mol. The largest absolute Gasteiger partial charge is 0.355 e. The van der Waals surface area contributed by atoms with Crippen LogP contribution in [-0.2, 0) is 22.0 Å². The highest BCUT2D eigenvalue weighted by molar-refractivity contribution is 7.88. The number of piperidine rings is 1. The average molecular weight is 348 g/mol. The number of nitrogens with zero attached hydrogens (tertiary/aromatic N) is 5. The highest BCUT2D eigenvalue weighted by atomic mass is 32.2. The first kappa shape index (κ1) is 15.5. The van der Waals surface area contributed by atoms with E-state index in [0.717, 1.165) is 30.3 Å². The fraction of sp³-hybridized carbons (Fsp3) is 0.533. The zero-order valence-corrected chi connectivity index (χ0v) is 14.3. The van der Waals surface area contributed by atoms with E-state index in [2.05, 4.69) is 24.8 Å².